The molecule has 0 aliphatic heterocycles. The Morgan fingerprint density at radius 3 is 2.41 bits per heavy atom. The molecule has 214 valence electrons. The third-order valence-electron chi connectivity index (χ3n) is 5.40. The van der Waals surface area contributed by atoms with E-state index in [1.165, 1.54) is 37.6 Å². The van der Waals surface area contributed by atoms with Crippen LogP contribution < -0.4 is 30.3 Å². The summed E-state index contributed by atoms with van der Waals surface area (Å²) in [6.07, 6.45) is 3.01. The van der Waals surface area contributed by atoms with Gasteiger partial charge < -0.3 is 24.8 Å². The van der Waals surface area contributed by atoms with Gasteiger partial charge in [0, 0.05) is 11.3 Å². The fourth-order valence-corrected chi connectivity index (χ4v) is 3.67. The molecule has 0 saturated heterocycles. The van der Waals surface area contributed by atoms with Gasteiger partial charge in [0.2, 0.25) is 11.8 Å². The molecule has 0 atom stereocenters. The number of allylic oxidation sites excluding steroid dienone is 1. The molecule has 0 bridgehead atoms. The molecule has 3 aromatic rings. The second-order valence-electron chi connectivity index (χ2n) is 8.50. The predicted octanol–water partition coefficient (Wildman–Crippen LogP) is 4.46. The molecule has 3 rings (SSSR count). The lowest BCUT2D eigenvalue weighted by Gasteiger charge is -2.16. The van der Waals surface area contributed by atoms with Crippen LogP contribution >= 0.6 is 0 Å². The summed E-state index contributed by atoms with van der Waals surface area (Å²) in [6.45, 7) is 5.58. The number of para-hydroxylation sites is 2. The fraction of sp³-hybridized carbons (Fsp3) is 0.200. The van der Waals surface area contributed by atoms with Crippen LogP contribution in [0.2, 0.25) is 0 Å². The first-order chi connectivity index (χ1) is 19.8. The molecule has 0 aliphatic rings. The molecule has 3 aromatic carbocycles. The van der Waals surface area contributed by atoms with Crippen molar-refractivity contribution >= 4 is 35.3 Å². The van der Waals surface area contributed by atoms with Gasteiger partial charge in [0.15, 0.2) is 18.1 Å². The summed E-state index contributed by atoms with van der Waals surface area (Å²) in [6, 6.07) is 15.6. The largest absolute Gasteiger partial charge is 0.495 e. The van der Waals surface area contributed by atoms with Crippen molar-refractivity contribution < 1.29 is 33.0 Å². The zero-order valence-electron chi connectivity index (χ0n) is 22.7. The maximum atomic E-state index is 13.1. The number of nitrogens with zero attached hydrogens (tertiary/aromatic N) is 1. The van der Waals surface area contributed by atoms with E-state index in [1.54, 1.807) is 49.4 Å². The van der Waals surface area contributed by atoms with Crippen molar-refractivity contribution in [2.45, 2.75) is 19.8 Å². The number of ether oxygens (including phenoxy) is 3. The first kappa shape index (κ1) is 30.4. The molecule has 0 heterocycles. The van der Waals surface area contributed by atoms with Crippen LogP contribution in [0.15, 0.2) is 78.4 Å². The summed E-state index contributed by atoms with van der Waals surface area (Å²) in [7, 11) is 1.48. The highest BCUT2D eigenvalue weighted by Crippen LogP contribution is 2.33. The number of carbonyl (C=O) groups is 3. The lowest BCUT2D eigenvalue weighted by molar-refractivity contribution is -0.126. The van der Waals surface area contributed by atoms with E-state index in [1.807, 2.05) is 0 Å². The lowest BCUT2D eigenvalue weighted by atomic mass is 10.1. The Morgan fingerprint density at radius 2 is 1.71 bits per heavy atom. The second kappa shape index (κ2) is 15.4. The molecule has 0 saturated carbocycles. The lowest BCUT2D eigenvalue weighted by Crippen LogP contribution is -2.24. The third-order valence-corrected chi connectivity index (χ3v) is 5.40. The zero-order chi connectivity index (χ0) is 29.6. The molecule has 41 heavy (non-hydrogen) atoms. The number of benzene rings is 3. The molecule has 0 radical (unpaired) electrons. The number of anilines is 2. The predicted molar refractivity (Wildman–Crippen MR) is 154 cm³/mol. The van der Waals surface area contributed by atoms with Gasteiger partial charge in [-0.05, 0) is 67.4 Å². The van der Waals surface area contributed by atoms with Crippen molar-refractivity contribution in [3.63, 3.8) is 0 Å². The van der Waals surface area contributed by atoms with Crippen LogP contribution in [0.4, 0.5) is 15.8 Å². The maximum Gasteiger partial charge on any atom is 0.262 e. The van der Waals surface area contributed by atoms with E-state index in [4.69, 9.17) is 14.2 Å². The van der Waals surface area contributed by atoms with Crippen LogP contribution in [0.1, 0.15) is 24.5 Å². The zero-order valence-corrected chi connectivity index (χ0v) is 22.7. The fourth-order valence-electron chi connectivity index (χ4n) is 3.67. The van der Waals surface area contributed by atoms with Crippen molar-refractivity contribution in [3.05, 3.63) is 90.3 Å². The quantitative estimate of drug-likeness (QED) is 0.115. The summed E-state index contributed by atoms with van der Waals surface area (Å²) >= 11 is 0. The van der Waals surface area contributed by atoms with E-state index in [-0.39, 0.29) is 6.61 Å². The Kier molecular flexibility index (Phi) is 11.4. The summed E-state index contributed by atoms with van der Waals surface area (Å²) < 4.78 is 29.9. The van der Waals surface area contributed by atoms with Crippen LogP contribution in [0.25, 0.3) is 0 Å². The number of hydrogen-bond acceptors (Lipinski definition) is 7. The van der Waals surface area contributed by atoms with Crippen LogP contribution in [0, 0.1) is 5.82 Å². The Balaban J connectivity index is 1.64. The van der Waals surface area contributed by atoms with Crippen LogP contribution in [0.3, 0.4) is 0 Å². The second-order valence-corrected chi connectivity index (χ2v) is 8.50. The number of carbonyl (C=O) groups excluding carboxylic acids is 3. The molecule has 0 spiro atoms. The molecule has 11 heteroatoms. The Labute approximate surface area is 237 Å². The number of amides is 3. The molecular weight excluding hydrogens is 531 g/mol. The van der Waals surface area contributed by atoms with Crippen molar-refractivity contribution in [2.24, 2.45) is 5.10 Å². The number of halogens is 1. The van der Waals surface area contributed by atoms with Gasteiger partial charge >= 0.3 is 0 Å². The Hall–Kier alpha value is -5.19. The average Bonchev–Trinajstić information content (AvgIpc) is 2.94. The first-order valence-electron chi connectivity index (χ1n) is 12.7. The van der Waals surface area contributed by atoms with E-state index < -0.39 is 30.0 Å². The number of rotatable bonds is 14. The van der Waals surface area contributed by atoms with Gasteiger partial charge in [0.05, 0.1) is 25.6 Å². The molecular formula is C30H31FN4O6. The summed E-state index contributed by atoms with van der Waals surface area (Å²) in [5.41, 5.74) is 4.46. The first-order valence-corrected chi connectivity index (χ1v) is 12.7. The number of hydrogen-bond donors (Lipinski definition) is 3. The summed E-state index contributed by atoms with van der Waals surface area (Å²) in [4.78, 5) is 36.9. The Bertz CT molecular complexity index is 1410. The standard InChI is InChI=1S/C30H31FN4O6/c1-4-8-21-15-20(18-32-35-28(37)17-27(36)34-24-9-6-7-10-25(24)39-3)16-26(40-5-2)30(21)41-19-29(38)33-23-13-11-22(31)12-14-23/h4,6-7,9-16,18H,1,5,8,17,19H2,2-3H3,(H,33,38)(H,34,36)(H,35,37). The van der Waals surface area contributed by atoms with Crippen LogP contribution in [0.5, 0.6) is 17.2 Å². The van der Waals surface area contributed by atoms with E-state index in [0.717, 1.165) is 0 Å². The minimum absolute atomic E-state index is 0.317. The van der Waals surface area contributed by atoms with Gasteiger partial charge in [-0.1, -0.05) is 18.2 Å². The highest BCUT2D eigenvalue weighted by atomic mass is 19.1. The van der Waals surface area contributed by atoms with Crippen LogP contribution in [-0.4, -0.2) is 44.3 Å². The topological polar surface area (TPSA) is 127 Å². The molecule has 0 aliphatic carbocycles. The van der Waals surface area contributed by atoms with E-state index >= 15 is 0 Å². The van der Waals surface area contributed by atoms with Gasteiger partial charge in [-0.3, -0.25) is 14.4 Å². The van der Waals surface area contributed by atoms with Gasteiger partial charge in [-0.2, -0.15) is 5.10 Å². The van der Waals surface area contributed by atoms with Gasteiger partial charge in [-0.25, -0.2) is 9.82 Å². The summed E-state index contributed by atoms with van der Waals surface area (Å²) in [5, 5.41) is 9.21. The minimum Gasteiger partial charge on any atom is -0.495 e. The average molecular weight is 563 g/mol. The highest BCUT2D eigenvalue weighted by Gasteiger charge is 2.16. The summed E-state index contributed by atoms with van der Waals surface area (Å²) in [5.74, 6) is -0.795. The van der Waals surface area contributed by atoms with Crippen LogP contribution in [-0.2, 0) is 20.8 Å². The van der Waals surface area contributed by atoms with Gasteiger partial charge in [0.25, 0.3) is 5.91 Å². The van der Waals surface area contributed by atoms with Crippen molar-refractivity contribution in [1.29, 1.82) is 0 Å². The van der Waals surface area contributed by atoms with Crippen molar-refractivity contribution in [3.8, 4) is 17.2 Å². The van der Waals surface area contributed by atoms with Gasteiger partial charge in [0.1, 0.15) is 18.0 Å². The van der Waals surface area contributed by atoms with E-state index in [0.29, 0.717) is 52.8 Å². The monoisotopic (exact) mass is 562 g/mol. The minimum atomic E-state index is -0.614. The number of hydrazone groups is 1. The van der Waals surface area contributed by atoms with Gasteiger partial charge in [-0.15, -0.1) is 6.58 Å². The molecule has 10 nitrogen and oxygen atoms in total. The van der Waals surface area contributed by atoms with Crippen molar-refractivity contribution in [2.75, 3.05) is 31.0 Å². The maximum absolute atomic E-state index is 13.1. The van der Waals surface area contributed by atoms with Crippen molar-refractivity contribution in [1.82, 2.24) is 5.43 Å². The smallest absolute Gasteiger partial charge is 0.262 e. The molecule has 3 N–H and O–H groups in total. The number of nitrogens with one attached hydrogen (secondary N) is 3. The molecule has 3 amide bonds. The number of methoxy groups -OCH3 is 1. The van der Waals surface area contributed by atoms with E-state index in [2.05, 4.69) is 27.7 Å². The molecule has 0 aromatic heterocycles. The molecule has 0 unspecified atom stereocenters. The molecule has 0 fully saturated rings. The third kappa shape index (κ3) is 9.50. The highest BCUT2D eigenvalue weighted by molar-refractivity contribution is 6.04. The Morgan fingerprint density at radius 1 is 0.951 bits per heavy atom. The SMILES string of the molecule is C=CCc1cc(C=NNC(=O)CC(=O)Nc2ccccc2OC)cc(OCC)c1OCC(=O)Nc1ccc(F)cc1. The van der Waals surface area contributed by atoms with E-state index in [9.17, 15) is 18.8 Å². The normalized spacial score (nSPS) is 10.5.